The van der Waals surface area contributed by atoms with Gasteiger partial charge in [-0.15, -0.1) is 0 Å². The average Bonchev–Trinajstić information content (AvgIpc) is 2.61. The summed E-state index contributed by atoms with van der Waals surface area (Å²) in [5.74, 6) is -1.33. The molecule has 1 heterocycles. The van der Waals surface area contributed by atoms with Gasteiger partial charge in [-0.05, 0) is 24.3 Å². The number of carbonyl (C=O) groups is 3. The van der Waals surface area contributed by atoms with Crippen molar-refractivity contribution in [1.29, 1.82) is 0 Å². The molecule has 8 heteroatoms. The minimum atomic E-state index is -0.495. The smallest absolute Gasteiger partial charge is 0.258 e. The number of fused-ring (bicyclic) bond motifs is 1. The number of nitrogens with zero attached hydrogens (tertiary/aromatic N) is 2. The molecule has 0 aliphatic carbocycles. The molecule has 0 saturated carbocycles. The van der Waals surface area contributed by atoms with Gasteiger partial charge >= 0.3 is 0 Å². The summed E-state index contributed by atoms with van der Waals surface area (Å²) in [6.45, 7) is 2.61. The lowest BCUT2D eigenvalue weighted by molar-refractivity contribution is -0.124. The maximum Gasteiger partial charge on any atom is 0.258 e. The van der Waals surface area contributed by atoms with Crippen LogP contribution in [0.1, 0.15) is 24.2 Å². The van der Waals surface area contributed by atoms with E-state index in [2.05, 4.69) is 10.3 Å². The largest absolute Gasteiger partial charge is 0.320 e. The fraction of sp³-hybridized carbons (Fsp3) is 0.100. The van der Waals surface area contributed by atoms with Crippen molar-refractivity contribution in [2.24, 2.45) is 0 Å². The Morgan fingerprint density at radius 2 is 1.54 bits per heavy atom. The fourth-order valence-electron chi connectivity index (χ4n) is 2.92. The van der Waals surface area contributed by atoms with Gasteiger partial charge in [-0.3, -0.25) is 24.3 Å². The standard InChI is InChI=1S/C20H15Cl2N3O3/c1-11(26)25(12(2)27)17-9-10-23-19-13(17)5-3-8-16(19)24-20(28)18-14(21)6-4-7-15(18)22/h3-10H,1-2H3,(H,24,28). The lowest BCUT2D eigenvalue weighted by atomic mass is 10.1. The number of para-hydroxylation sites is 1. The highest BCUT2D eigenvalue weighted by Crippen LogP contribution is 2.31. The maximum absolute atomic E-state index is 12.7. The van der Waals surface area contributed by atoms with Crippen molar-refractivity contribution in [2.45, 2.75) is 13.8 Å². The second-order valence-corrected chi connectivity index (χ2v) is 6.77. The summed E-state index contributed by atoms with van der Waals surface area (Å²) in [7, 11) is 0. The van der Waals surface area contributed by atoms with Gasteiger partial charge < -0.3 is 5.32 Å². The Morgan fingerprint density at radius 1 is 0.929 bits per heavy atom. The highest BCUT2D eigenvalue weighted by molar-refractivity contribution is 6.40. The molecule has 0 bridgehead atoms. The molecule has 2 aromatic carbocycles. The lowest BCUT2D eigenvalue weighted by Crippen LogP contribution is -2.33. The zero-order valence-electron chi connectivity index (χ0n) is 15.0. The van der Waals surface area contributed by atoms with Gasteiger partial charge in [0, 0.05) is 25.4 Å². The molecule has 0 saturated heterocycles. The Kier molecular flexibility index (Phi) is 5.63. The second-order valence-electron chi connectivity index (χ2n) is 5.96. The number of amides is 3. The van der Waals surface area contributed by atoms with E-state index in [-0.39, 0.29) is 15.6 Å². The summed E-state index contributed by atoms with van der Waals surface area (Å²) >= 11 is 12.2. The maximum atomic E-state index is 12.7. The molecule has 0 atom stereocenters. The van der Waals surface area contributed by atoms with Crippen LogP contribution in [-0.2, 0) is 9.59 Å². The van der Waals surface area contributed by atoms with Gasteiger partial charge in [-0.1, -0.05) is 41.4 Å². The van der Waals surface area contributed by atoms with Crippen LogP contribution in [0.5, 0.6) is 0 Å². The van der Waals surface area contributed by atoms with Crippen LogP contribution < -0.4 is 10.2 Å². The highest BCUT2D eigenvalue weighted by atomic mass is 35.5. The Morgan fingerprint density at radius 3 is 2.14 bits per heavy atom. The van der Waals surface area contributed by atoms with E-state index >= 15 is 0 Å². The number of nitrogens with one attached hydrogen (secondary N) is 1. The Bertz CT molecular complexity index is 1080. The van der Waals surface area contributed by atoms with Crippen LogP contribution in [0.3, 0.4) is 0 Å². The number of rotatable bonds is 3. The first-order valence-electron chi connectivity index (χ1n) is 8.25. The number of imide groups is 1. The van der Waals surface area contributed by atoms with Crippen LogP contribution in [0, 0.1) is 0 Å². The van der Waals surface area contributed by atoms with E-state index in [9.17, 15) is 14.4 Å². The van der Waals surface area contributed by atoms with Gasteiger partial charge in [-0.2, -0.15) is 0 Å². The number of carbonyl (C=O) groups excluding carboxylic acids is 3. The van der Waals surface area contributed by atoms with Gasteiger partial charge in [0.1, 0.15) is 0 Å². The Hall–Kier alpha value is -2.96. The molecule has 0 spiro atoms. The quantitative estimate of drug-likeness (QED) is 0.672. The predicted octanol–water partition coefficient (Wildman–Crippen LogP) is 4.69. The molecule has 0 unspecified atom stereocenters. The Labute approximate surface area is 171 Å². The molecule has 3 aromatic rings. The van der Waals surface area contributed by atoms with Crippen LogP contribution in [0.25, 0.3) is 10.9 Å². The number of aromatic nitrogens is 1. The van der Waals surface area contributed by atoms with Crippen LogP contribution in [0.15, 0.2) is 48.7 Å². The molecule has 0 radical (unpaired) electrons. The molecule has 1 N–H and O–H groups in total. The summed E-state index contributed by atoms with van der Waals surface area (Å²) < 4.78 is 0. The van der Waals surface area contributed by atoms with Gasteiger partial charge in [0.25, 0.3) is 5.91 Å². The molecule has 3 rings (SSSR count). The van der Waals surface area contributed by atoms with E-state index in [4.69, 9.17) is 23.2 Å². The van der Waals surface area contributed by atoms with Crippen molar-refractivity contribution in [3.05, 3.63) is 64.3 Å². The number of benzene rings is 2. The molecule has 0 fully saturated rings. The summed E-state index contributed by atoms with van der Waals surface area (Å²) in [6, 6.07) is 11.4. The summed E-state index contributed by atoms with van der Waals surface area (Å²) in [4.78, 5) is 41.9. The van der Waals surface area contributed by atoms with Crippen LogP contribution in [0.2, 0.25) is 10.0 Å². The van der Waals surface area contributed by atoms with Crippen molar-refractivity contribution < 1.29 is 14.4 Å². The molecule has 6 nitrogen and oxygen atoms in total. The van der Waals surface area contributed by atoms with Crippen molar-refractivity contribution in [1.82, 2.24) is 4.98 Å². The van der Waals surface area contributed by atoms with E-state index in [1.54, 1.807) is 42.5 Å². The second kappa shape index (κ2) is 7.96. The number of anilines is 2. The lowest BCUT2D eigenvalue weighted by Gasteiger charge is -2.19. The minimum Gasteiger partial charge on any atom is -0.320 e. The van der Waals surface area contributed by atoms with Crippen LogP contribution in [0.4, 0.5) is 11.4 Å². The van der Waals surface area contributed by atoms with E-state index in [1.807, 2.05) is 0 Å². The third kappa shape index (κ3) is 3.69. The molecule has 3 amide bonds. The normalized spacial score (nSPS) is 10.6. The topological polar surface area (TPSA) is 79.4 Å². The van der Waals surface area contributed by atoms with E-state index in [0.717, 1.165) is 4.90 Å². The van der Waals surface area contributed by atoms with Gasteiger partial charge in [0.2, 0.25) is 11.8 Å². The third-order valence-corrected chi connectivity index (χ3v) is 4.69. The molecular weight excluding hydrogens is 401 g/mol. The molecule has 0 aliphatic heterocycles. The Balaban J connectivity index is 2.09. The van der Waals surface area contributed by atoms with Gasteiger partial charge in [0.15, 0.2) is 0 Å². The summed E-state index contributed by atoms with van der Waals surface area (Å²) in [5, 5.41) is 3.73. The number of hydrogen-bond donors (Lipinski definition) is 1. The fourth-order valence-corrected chi connectivity index (χ4v) is 3.49. The molecule has 142 valence electrons. The monoisotopic (exact) mass is 415 g/mol. The molecule has 1 aromatic heterocycles. The van der Waals surface area contributed by atoms with Gasteiger partial charge in [-0.25, -0.2) is 0 Å². The zero-order chi connectivity index (χ0) is 20.4. The van der Waals surface area contributed by atoms with Crippen molar-refractivity contribution >= 4 is 63.2 Å². The van der Waals surface area contributed by atoms with Crippen molar-refractivity contribution in [3.8, 4) is 0 Å². The number of hydrogen-bond acceptors (Lipinski definition) is 4. The van der Waals surface area contributed by atoms with E-state index < -0.39 is 17.7 Å². The van der Waals surface area contributed by atoms with Crippen molar-refractivity contribution in [3.63, 3.8) is 0 Å². The summed E-state index contributed by atoms with van der Waals surface area (Å²) in [6.07, 6.45) is 1.47. The van der Waals surface area contributed by atoms with Crippen LogP contribution >= 0.6 is 23.2 Å². The first-order valence-corrected chi connectivity index (χ1v) is 9.01. The molecular formula is C20H15Cl2N3O3. The molecule has 0 aliphatic rings. The van der Waals surface area contributed by atoms with Crippen LogP contribution in [-0.4, -0.2) is 22.7 Å². The zero-order valence-corrected chi connectivity index (χ0v) is 16.5. The first kappa shape index (κ1) is 19.8. The number of halogens is 2. The summed E-state index contributed by atoms with van der Waals surface area (Å²) in [5.41, 5.74) is 1.35. The molecule has 28 heavy (non-hydrogen) atoms. The third-order valence-electron chi connectivity index (χ3n) is 4.06. The SMILES string of the molecule is CC(=O)N(C(C)=O)c1ccnc2c(NC(=O)c3c(Cl)cccc3Cl)cccc12. The average molecular weight is 416 g/mol. The number of pyridine rings is 1. The van der Waals surface area contributed by atoms with E-state index in [1.165, 1.54) is 20.0 Å². The highest BCUT2D eigenvalue weighted by Gasteiger charge is 2.21. The van der Waals surface area contributed by atoms with Crippen molar-refractivity contribution in [2.75, 3.05) is 10.2 Å². The van der Waals surface area contributed by atoms with E-state index in [0.29, 0.717) is 22.3 Å². The minimum absolute atomic E-state index is 0.146. The van der Waals surface area contributed by atoms with Gasteiger partial charge in [0.05, 0.1) is 32.5 Å². The predicted molar refractivity (Wildman–Crippen MR) is 110 cm³/mol. The first-order chi connectivity index (χ1) is 13.3.